The molecule has 0 radical (unpaired) electrons. The molecular weight excluding hydrogens is 582 g/mol. The van der Waals surface area contributed by atoms with Crippen LogP contribution in [0.2, 0.25) is 0 Å². The van der Waals surface area contributed by atoms with Crippen LogP contribution in [0.1, 0.15) is 102 Å². The number of rotatable bonds is 6. The van der Waals surface area contributed by atoms with E-state index >= 15 is 0 Å². The summed E-state index contributed by atoms with van der Waals surface area (Å²) in [6.45, 7) is 4.46. The monoisotopic (exact) mass is 621 g/mol. The van der Waals surface area contributed by atoms with Crippen LogP contribution in [0.15, 0.2) is 101 Å². The van der Waals surface area contributed by atoms with Gasteiger partial charge in [-0.15, -0.1) is 0 Å². The number of imide groups is 1. The number of allylic oxidation sites excluding steroid dienone is 5. The molecule has 3 atom stereocenters. The van der Waals surface area contributed by atoms with E-state index in [-0.39, 0.29) is 29.8 Å². The molecule has 3 aliphatic heterocycles. The summed E-state index contributed by atoms with van der Waals surface area (Å²) in [5, 5.41) is 5.01. The highest BCUT2D eigenvalue weighted by molar-refractivity contribution is 6.22. The molecule has 4 heterocycles. The van der Waals surface area contributed by atoms with E-state index in [4.69, 9.17) is 15.1 Å². The number of dihydropyridines is 1. The van der Waals surface area contributed by atoms with Gasteiger partial charge in [-0.05, 0) is 73.6 Å². The summed E-state index contributed by atoms with van der Waals surface area (Å²) >= 11 is 0. The first-order chi connectivity index (χ1) is 22.9. The molecule has 6 aliphatic rings. The maximum Gasteiger partial charge on any atom is 0.262 e. The third-order valence-electron chi connectivity index (χ3n) is 11.3. The topological polar surface area (TPSA) is 79.9 Å². The number of hydrogen-bond donors (Lipinski definition) is 0. The second kappa shape index (κ2) is 10.7. The van der Waals surface area contributed by atoms with Crippen LogP contribution >= 0.6 is 0 Å². The Hall–Kier alpha value is -4.65. The van der Waals surface area contributed by atoms with E-state index in [1.807, 2.05) is 23.0 Å². The largest absolute Gasteiger partial charge is 0.269 e. The highest BCUT2D eigenvalue weighted by atomic mass is 16.2. The number of carbonyl (C=O) groups excluding carboxylic acids is 2. The maximum absolute atomic E-state index is 13.8. The van der Waals surface area contributed by atoms with Gasteiger partial charge in [0.15, 0.2) is 12.0 Å². The molecule has 2 amide bonds. The second-order valence-corrected chi connectivity index (χ2v) is 14.5. The first-order valence-electron chi connectivity index (χ1n) is 17.3. The zero-order chi connectivity index (χ0) is 31.9. The molecule has 3 aromatic rings. The Morgan fingerprint density at radius 1 is 0.915 bits per heavy atom. The van der Waals surface area contributed by atoms with Gasteiger partial charge >= 0.3 is 0 Å². The molecule has 2 fully saturated rings. The van der Waals surface area contributed by atoms with Crippen molar-refractivity contribution in [2.24, 2.45) is 33.7 Å². The average molecular weight is 622 g/mol. The fourth-order valence-corrected chi connectivity index (χ4v) is 8.33. The van der Waals surface area contributed by atoms with Crippen LogP contribution in [0.25, 0.3) is 0 Å². The maximum atomic E-state index is 13.8. The van der Waals surface area contributed by atoms with E-state index < -0.39 is 5.54 Å². The van der Waals surface area contributed by atoms with E-state index in [0.29, 0.717) is 28.9 Å². The van der Waals surface area contributed by atoms with Gasteiger partial charge in [0.2, 0.25) is 0 Å². The molecule has 0 N–H and O–H groups in total. The van der Waals surface area contributed by atoms with Crippen LogP contribution in [0, 0.1) is 23.7 Å². The van der Waals surface area contributed by atoms with Crippen molar-refractivity contribution in [3.05, 3.63) is 118 Å². The van der Waals surface area contributed by atoms with Gasteiger partial charge in [0.25, 0.3) is 11.8 Å². The molecule has 236 valence electrons. The number of benzene rings is 2. The van der Waals surface area contributed by atoms with Crippen molar-refractivity contribution in [1.82, 2.24) is 14.7 Å². The summed E-state index contributed by atoms with van der Waals surface area (Å²) in [5.74, 6) is 2.27. The van der Waals surface area contributed by atoms with Crippen molar-refractivity contribution in [3.63, 3.8) is 0 Å². The van der Waals surface area contributed by atoms with Crippen molar-refractivity contribution in [1.29, 1.82) is 0 Å². The lowest BCUT2D eigenvalue weighted by molar-refractivity contribution is -0.0189. The van der Waals surface area contributed by atoms with E-state index in [1.165, 1.54) is 18.4 Å². The van der Waals surface area contributed by atoms with Gasteiger partial charge < -0.3 is 0 Å². The van der Waals surface area contributed by atoms with Crippen LogP contribution in [-0.2, 0) is 5.54 Å². The van der Waals surface area contributed by atoms with Crippen molar-refractivity contribution in [2.75, 3.05) is 0 Å². The standard InChI is InChI=1S/C40H39N5O2/c1-24(2)29-21-40(22-29,44-38(46)31-11-7-8-12-32(31)39(44)47)30-17-15-27(16-18-30)36-33(25-9-5-3-4-6-10-25)19-28-23-41-35-20-34(26-13-14-26)43-45(35)37(28)42-36/h3-5,7-9,11-12,15-20,23-26,28-29,37H,6,10,13-14,21-22H2,1-2H3. The van der Waals surface area contributed by atoms with Gasteiger partial charge in [0, 0.05) is 29.7 Å². The third kappa shape index (κ3) is 4.49. The number of nitrogens with zero attached hydrogens (tertiary/aromatic N) is 5. The summed E-state index contributed by atoms with van der Waals surface area (Å²) in [4.78, 5) is 39.4. The lowest BCUT2D eigenvalue weighted by atomic mass is 9.60. The normalized spacial score (nSPS) is 29.2. The number of aliphatic imine (C=N–C) groups is 2. The Labute approximate surface area is 275 Å². The summed E-state index contributed by atoms with van der Waals surface area (Å²) < 4.78 is 2.03. The van der Waals surface area contributed by atoms with Crippen LogP contribution in [0.5, 0.6) is 0 Å². The van der Waals surface area contributed by atoms with Crippen LogP contribution < -0.4 is 0 Å². The molecular formula is C40H39N5O2. The Bertz CT molecular complexity index is 1910. The predicted octanol–water partition coefficient (Wildman–Crippen LogP) is 8.10. The van der Waals surface area contributed by atoms with Gasteiger partial charge in [0.1, 0.15) is 0 Å². The molecule has 0 saturated heterocycles. The molecule has 2 saturated carbocycles. The summed E-state index contributed by atoms with van der Waals surface area (Å²) in [5.41, 5.74) is 5.76. The van der Waals surface area contributed by atoms with Gasteiger partial charge in [-0.2, -0.15) is 5.10 Å². The van der Waals surface area contributed by atoms with Crippen LogP contribution in [0.4, 0.5) is 5.82 Å². The van der Waals surface area contributed by atoms with Gasteiger partial charge in [-0.25, -0.2) is 9.67 Å². The molecule has 7 nitrogen and oxygen atoms in total. The number of hydrogen-bond acceptors (Lipinski definition) is 5. The lowest BCUT2D eigenvalue weighted by Crippen LogP contribution is -2.58. The Balaban J connectivity index is 1.10. The highest BCUT2D eigenvalue weighted by Gasteiger charge is 2.57. The zero-order valence-electron chi connectivity index (χ0n) is 26.9. The smallest absolute Gasteiger partial charge is 0.262 e. The average Bonchev–Trinajstić information content (AvgIpc) is 3.84. The molecule has 2 aromatic carbocycles. The number of amides is 2. The van der Waals surface area contributed by atoms with Crippen LogP contribution in [0.3, 0.4) is 0 Å². The summed E-state index contributed by atoms with van der Waals surface area (Å²) in [6.07, 6.45) is 19.0. The molecule has 3 aliphatic carbocycles. The molecule has 47 heavy (non-hydrogen) atoms. The van der Waals surface area contributed by atoms with Crippen molar-refractivity contribution >= 4 is 29.6 Å². The molecule has 7 heteroatoms. The minimum Gasteiger partial charge on any atom is -0.269 e. The molecule has 0 spiro atoms. The molecule has 9 rings (SSSR count). The number of fused-ring (bicyclic) bond motifs is 4. The number of aromatic nitrogens is 2. The minimum absolute atomic E-state index is 0.0390. The predicted molar refractivity (Wildman–Crippen MR) is 183 cm³/mol. The molecule has 0 bridgehead atoms. The van der Waals surface area contributed by atoms with Gasteiger partial charge in [0.05, 0.1) is 34.0 Å². The zero-order valence-corrected chi connectivity index (χ0v) is 26.9. The van der Waals surface area contributed by atoms with Crippen molar-refractivity contribution < 1.29 is 9.59 Å². The first kappa shape index (κ1) is 28.6. The summed E-state index contributed by atoms with van der Waals surface area (Å²) in [6, 6.07) is 17.9. The first-order valence-corrected chi connectivity index (χ1v) is 17.3. The van der Waals surface area contributed by atoms with E-state index in [2.05, 4.69) is 74.6 Å². The SMILES string of the molecule is CC(C)C1CC(c2ccc(C3=NC4C(C=Nc5cc(C6CC6)nn54)C=C3C3C=CC=CCC3)cc2)(N2C(=O)c3ccccc3C2=O)C1. The highest BCUT2D eigenvalue weighted by Crippen LogP contribution is 2.55. The third-order valence-corrected chi connectivity index (χ3v) is 11.3. The quantitative estimate of drug-likeness (QED) is 0.261. The van der Waals surface area contributed by atoms with E-state index in [9.17, 15) is 9.59 Å². The van der Waals surface area contributed by atoms with Crippen LogP contribution in [-0.4, -0.2) is 38.4 Å². The Kier molecular flexibility index (Phi) is 6.50. The fourth-order valence-electron chi connectivity index (χ4n) is 8.33. The Morgan fingerprint density at radius 2 is 1.66 bits per heavy atom. The Morgan fingerprint density at radius 3 is 2.36 bits per heavy atom. The van der Waals surface area contributed by atoms with E-state index in [0.717, 1.165) is 54.0 Å². The van der Waals surface area contributed by atoms with E-state index in [1.54, 1.807) is 17.0 Å². The van der Waals surface area contributed by atoms with Gasteiger partial charge in [-0.1, -0.05) is 80.6 Å². The number of carbonyl (C=O) groups is 2. The van der Waals surface area contributed by atoms with Gasteiger partial charge in [-0.3, -0.25) is 19.5 Å². The van der Waals surface area contributed by atoms with Crippen molar-refractivity contribution in [2.45, 2.75) is 70.0 Å². The minimum atomic E-state index is -0.655. The molecule has 1 aromatic heterocycles. The lowest BCUT2D eigenvalue weighted by Gasteiger charge is -2.54. The molecule has 3 unspecified atom stereocenters. The second-order valence-electron chi connectivity index (χ2n) is 14.5. The summed E-state index contributed by atoms with van der Waals surface area (Å²) in [7, 11) is 0. The fraction of sp³-hybridized carbons (Fsp3) is 0.375. The van der Waals surface area contributed by atoms with Crippen molar-refractivity contribution in [3.8, 4) is 0 Å².